The maximum atomic E-state index is 8.97. The number of nitrogens with one attached hydrogen (secondary N) is 1. The lowest BCUT2D eigenvalue weighted by Gasteiger charge is -2.37. The minimum Gasteiger partial charge on any atom is -0.381 e. The van der Waals surface area contributed by atoms with E-state index in [0.717, 1.165) is 38.2 Å². The molecule has 1 spiro atoms. The van der Waals surface area contributed by atoms with Crippen LogP contribution in [0.1, 0.15) is 24.8 Å². The Morgan fingerprint density at radius 2 is 2.30 bits per heavy atom. The van der Waals surface area contributed by atoms with Crippen LogP contribution in [0, 0.1) is 11.3 Å². The fourth-order valence-electron chi connectivity index (χ4n) is 2.94. The van der Waals surface area contributed by atoms with Crippen LogP contribution in [0.4, 0.5) is 5.69 Å². The number of nitrogens with zero attached hydrogens (tertiary/aromatic N) is 1. The number of benzene rings is 1. The summed E-state index contributed by atoms with van der Waals surface area (Å²) < 4.78 is 11.4. The molecular weight excluding hydrogens is 276 g/mol. The van der Waals surface area contributed by atoms with Crippen molar-refractivity contribution < 1.29 is 9.47 Å². The molecule has 2 aliphatic rings. The van der Waals surface area contributed by atoms with Gasteiger partial charge in [-0.25, -0.2) is 0 Å². The van der Waals surface area contributed by atoms with Crippen molar-refractivity contribution in [2.24, 2.45) is 0 Å². The van der Waals surface area contributed by atoms with Gasteiger partial charge in [-0.2, -0.15) is 5.26 Å². The monoisotopic (exact) mass is 292 g/mol. The second-order valence-electron chi connectivity index (χ2n) is 5.47. The average molecular weight is 293 g/mol. The zero-order valence-corrected chi connectivity index (χ0v) is 11.9. The van der Waals surface area contributed by atoms with Crippen LogP contribution in [-0.2, 0) is 9.47 Å². The van der Waals surface area contributed by atoms with Crippen molar-refractivity contribution in [1.29, 1.82) is 5.26 Å². The van der Waals surface area contributed by atoms with E-state index in [9.17, 15) is 0 Å². The lowest BCUT2D eigenvalue weighted by atomic mass is 9.89. The molecule has 2 atom stereocenters. The highest BCUT2D eigenvalue weighted by Crippen LogP contribution is 2.35. The SMILES string of the molecule is N#Cc1ccc(Cl)c(NC2CCOC3(CCOC3)C2)c1. The maximum Gasteiger partial charge on any atom is 0.0992 e. The zero-order chi connectivity index (χ0) is 14.0. The molecule has 0 aliphatic carbocycles. The molecule has 2 unspecified atom stereocenters. The number of nitriles is 1. The normalized spacial score (nSPS) is 29.3. The molecule has 0 bridgehead atoms. The van der Waals surface area contributed by atoms with E-state index in [1.165, 1.54) is 0 Å². The molecule has 0 aromatic heterocycles. The number of ether oxygens (including phenoxy) is 2. The third kappa shape index (κ3) is 2.76. The van der Waals surface area contributed by atoms with E-state index in [-0.39, 0.29) is 5.60 Å². The van der Waals surface area contributed by atoms with Crippen molar-refractivity contribution in [3.63, 3.8) is 0 Å². The van der Waals surface area contributed by atoms with E-state index in [1.807, 2.05) is 0 Å². The van der Waals surface area contributed by atoms with Gasteiger partial charge in [0.2, 0.25) is 0 Å². The first-order valence-electron chi connectivity index (χ1n) is 6.89. The van der Waals surface area contributed by atoms with Gasteiger partial charge in [0.1, 0.15) is 0 Å². The van der Waals surface area contributed by atoms with Gasteiger partial charge in [0.05, 0.1) is 34.6 Å². The predicted molar refractivity (Wildman–Crippen MR) is 76.9 cm³/mol. The Kier molecular flexibility index (Phi) is 3.84. The number of halogens is 1. The van der Waals surface area contributed by atoms with Crippen molar-refractivity contribution in [3.05, 3.63) is 28.8 Å². The molecule has 2 heterocycles. The molecule has 0 amide bonds. The molecule has 20 heavy (non-hydrogen) atoms. The van der Waals surface area contributed by atoms with Crippen LogP contribution in [0.25, 0.3) is 0 Å². The zero-order valence-electron chi connectivity index (χ0n) is 11.2. The lowest BCUT2D eigenvalue weighted by molar-refractivity contribution is -0.0828. The van der Waals surface area contributed by atoms with Crippen molar-refractivity contribution >= 4 is 17.3 Å². The molecule has 3 rings (SSSR count). The van der Waals surface area contributed by atoms with Crippen LogP contribution in [-0.4, -0.2) is 31.5 Å². The number of hydrogen-bond donors (Lipinski definition) is 1. The molecule has 2 aliphatic heterocycles. The molecule has 1 aromatic carbocycles. The quantitative estimate of drug-likeness (QED) is 0.910. The molecule has 1 aromatic rings. The van der Waals surface area contributed by atoms with Gasteiger partial charge in [-0.1, -0.05) is 11.6 Å². The molecule has 2 saturated heterocycles. The summed E-state index contributed by atoms with van der Waals surface area (Å²) in [5.74, 6) is 0. The van der Waals surface area contributed by atoms with E-state index in [2.05, 4.69) is 11.4 Å². The van der Waals surface area contributed by atoms with E-state index < -0.39 is 0 Å². The molecule has 2 fully saturated rings. The molecule has 106 valence electrons. The standard InChI is InChI=1S/C15H17ClN2O2/c16-13-2-1-11(9-17)7-14(13)18-12-3-5-20-15(8-12)4-6-19-10-15/h1-2,7,12,18H,3-6,8,10H2. The summed E-state index contributed by atoms with van der Waals surface area (Å²) >= 11 is 6.20. The van der Waals surface area contributed by atoms with Crippen LogP contribution in [0.3, 0.4) is 0 Å². The number of anilines is 1. The second-order valence-corrected chi connectivity index (χ2v) is 5.88. The van der Waals surface area contributed by atoms with Gasteiger partial charge < -0.3 is 14.8 Å². The van der Waals surface area contributed by atoms with Crippen LogP contribution >= 0.6 is 11.6 Å². The minimum atomic E-state index is -0.130. The van der Waals surface area contributed by atoms with Crippen molar-refractivity contribution in [3.8, 4) is 6.07 Å². The summed E-state index contributed by atoms with van der Waals surface area (Å²) in [5.41, 5.74) is 1.31. The van der Waals surface area contributed by atoms with Crippen molar-refractivity contribution in [2.45, 2.75) is 30.9 Å². The number of rotatable bonds is 2. The number of hydrogen-bond acceptors (Lipinski definition) is 4. The van der Waals surface area contributed by atoms with Gasteiger partial charge >= 0.3 is 0 Å². The third-order valence-electron chi connectivity index (χ3n) is 4.02. The van der Waals surface area contributed by atoms with E-state index in [1.54, 1.807) is 18.2 Å². The van der Waals surface area contributed by atoms with Crippen LogP contribution in [0.15, 0.2) is 18.2 Å². The summed E-state index contributed by atoms with van der Waals surface area (Å²) in [6.07, 6.45) is 2.81. The van der Waals surface area contributed by atoms with Crippen molar-refractivity contribution in [1.82, 2.24) is 0 Å². The van der Waals surface area contributed by atoms with E-state index in [0.29, 0.717) is 23.2 Å². The second kappa shape index (κ2) is 5.61. The Labute approximate surface area is 123 Å². The predicted octanol–water partition coefficient (Wildman–Crippen LogP) is 2.96. The van der Waals surface area contributed by atoms with Gasteiger partial charge in [0, 0.05) is 25.7 Å². The van der Waals surface area contributed by atoms with Crippen molar-refractivity contribution in [2.75, 3.05) is 25.1 Å². The summed E-state index contributed by atoms with van der Waals surface area (Å²) in [6.45, 7) is 2.19. The van der Waals surface area contributed by atoms with Gasteiger partial charge in [0.25, 0.3) is 0 Å². The van der Waals surface area contributed by atoms with Gasteiger partial charge in [-0.05, 0) is 31.0 Å². The van der Waals surface area contributed by atoms with Crippen LogP contribution in [0.5, 0.6) is 0 Å². The van der Waals surface area contributed by atoms with Crippen LogP contribution < -0.4 is 5.32 Å². The Bertz CT molecular complexity index is 535. The highest BCUT2D eigenvalue weighted by molar-refractivity contribution is 6.33. The topological polar surface area (TPSA) is 54.3 Å². The fourth-order valence-corrected chi connectivity index (χ4v) is 3.11. The summed E-state index contributed by atoms with van der Waals surface area (Å²) in [5, 5.41) is 13.1. The summed E-state index contributed by atoms with van der Waals surface area (Å²) in [4.78, 5) is 0. The lowest BCUT2D eigenvalue weighted by Crippen LogP contribution is -2.44. The molecule has 0 saturated carbocycles. The minimum absolute atomic E-state index is 0.130. The Hall–Kier alpha value is -1.28. The van der Waals surface area contributed by atoms with Gasteiger partial charge in [-0.3, -0.25) is 0 Å². The van der Waals surface area contributed by atoms with Gasteiger partial charge in [-0.15, -0.1) is 0 Å². The highest BCUT2D eigenvalue weighted by atomic mass is 35.5. The molecule has 5 heteroatoms. The Morgan fingerprint density at radius 3 is 3.05 bits per heavy atom. The van der Waals surface area contributed by atoms with Gasteiger partial charge in [0.15, 0.2) is 0 Å². The smallest absolute Gasteiger partial charge is 0.0992 e. The molecule has 1 N–H and O–H groups in total. The molecule has 4 nitrogen and oxygen atoms in total. The maximum absolute atomic E-state index is 8.97. The Morgan fingerprint density at radius 1 is 1.40 bits per heavy atom. The highest BCUT2D eigenvalue weighted by Gasteiger charge is 2.41. The largest absolute Gasteiger partial charge is 0.381 e. The van der Waals surface area contributed by atoms with E-state index >= 15 is 0 Å². The molecular formula is C15H17ClN2O2. The molecule has 0 radical (unpaired) electrons. The fraction of sp³-hybridized carbons (Fsp3) is 0.533. The summed E-state index contributed by atoms with van der Waals surface area (Å²) in [7, 11) is 0. The Balaban J connectivity index is 1.73. The van der Waals surface area contributed by atoms with E-state index in [4.69, 9.17) is 26.3 Å². The summed E-state index contributed by atoms with van der Waals surface area (Å²) in [6, 6.07) is 7.73. The first kappa shape index (κ1) is 13.7. The first-order chi connectivity index (χ1) is 9.71. The average Bonchev–Trinajstić information content (AvgIpc) is 2.89. The third-order valence-corrected chi connectivity index (χ3v) is 4.34. The first-order valence-corrected chi connectivity index (χ1v) is 7.26. The van der Waals surface area contributed by atoms with Crippen LogP contribution in [0.2, 0.25) is 5.02 Å².